The molecule has 0 aliphatic carbocycles. The molecule has 2 unspecified atom stereocenters. The molecular formula is C15H22N2O3S. The van der Waals surface area contributed by atoms with Gasteiger partial charge in [-0.25, -0.2) is 0 Å². The molecule has 1 saturated heterocycles. The van der Waals surface area contributed by atoms with E-state index in [0.29, 0.717) is 13.0 Å². The molecule has 0 aromatic carbocycles. The van der Waals surface area contributed by atoms with Crippen LogP contribution in [0.2, 0.25) is 0 Å². The topological polar surface area (TPSA) is 69.6 Å². The number of nitrogens with one attached hydrogen (secondary N) is 1. The van der Waals surface area contributed by atoms with Crippen molar-refractivity contribution in [2.45, 2.75) is 44.7 Å². The number of piperidine rings is 1. The normalized spacial score (nSPS) is 24.5. The van der Waals surface area contributed by atoms with Gasteiger partial charge >= 0.3 is 5.97 Å². The molecule has 1 aromatic rings. The Morgan fingerprint density at radius 3 is 2.90 bits per heavy atom. The maximum atomic E-state index is 12.2. The second-order valence-corrected chi connectivity index (χ2v) is 6.74. The molecule has 0 spiro atoms. The lowest BCUT2D eigenvalue weighted by molar-refractivity contribution is -0.153. The molecule has 6 heteroatoms. The SMILES string of the molecule is CC(NC(=O)CN1CCCCC1(C)C(=O)O)c1cccs1. The molecule has 21 heavy (non-hydrogen) atoms. The summed E-state index contributed by atoms with van der Waals surface area (Å²) in [5.41, 5.74) is -0.929. The second-order valence-electron chi connectivity index (χ2n) is 5.76. The number of aliphatic carboxylic acids is 1. The molecule has 2 rings (SSSR count). The third-order valence-corrected chi connectivity index (χ3v) is 5.24. The van der Waals surface area contributed by atoms with Gasteiger partial charge in [0.15, 0.2) is 0 Å². The summed E-state index contributed by atoms with van der Waals surface area (Å²) in [5.74, 6) is -0.966. The van der Waals surface area contributed by atoms with Crippen LogP contribution in [0.3, 0.4) is 0 Å². The second kappa shape index (κ2) is 6.58. The van der Waals surface area contributed by atoms with Crippen molar-refractivity contribution < 1.29 is 14.7 Å². The van der Waals surface area contributed by atoms with Crippen LogP contribution in [0.15, 0.2) is 17.5 Å². The van der Waals surface area contributed by atoms with Crippen LogP contribution in [0, 0.1) is 0 Å². The molecule has 0 saturated carbocycles. The molecule has 1 aliphatic heterocycles. The van der Waals surface area contributed by atoms with Gasteiger partial charge in [0.25, 0.3) is 0 Å². The zero-order chi connectivity index (χ0) is 15.5. The lowest BCUT2D eigenvalue weighted by Crippen LogP contribution is -2.57. The Bertz CT molecular complexity index is 503. The fourth-order valence-corrected chi connectivity index (χ4v) is 3.48. The first kappa shape index (κ1) is 16.0. The molecule has 2 atom stereocenters. The van der Waals surface area contributed by atoms with Gasteiger partial charge in [-0.3, -0.25) is 14.5 Å². The zero-order valence-electron chi connectivity index (χ0n) is 12.5. The molecule has 2 N–H and O–H groups in total. The first-order valence-electron chi connectivity index (χ1n) is 7.24. The quantitative estimate of drug-likeness (QED) is 0.875. The number of amides is 1. The van der Waals surface area contributed by atoms with Crippen LogP contribution in [0.4, 0.5) is 0 Å². The molecule has 1 amide bonds. The number of carboxylic acids is 1. The largest absolute Gasteiger partial charge is 0.480 e. The number of rotatable bonds is 5. The highest BCUT2D eigenvalue weighted by Gasteiger charge is 2.41. The first-order valence-corrected chi connectivity index (χ1v) is 8.12. The fourth-order valence-electron chi connectivity index (χ4n) is 2.74. The number of carboxylic acid groups (broad SMARTS) is 1. The Kier molecular flexibility index (Phi) is 5.00. The highest BCUT2D eigenvalue weighted by Crippen LogP contribution is 2.28. The molecule has 1 aliphatic rings. The first-order chi connectivity index (χ1) is 9.93. The molecule has 2 heterocycles. The maximum Gasteiger partial charge on any atom is 0.323 e. The van der Waals surface area contributed by atoms with Crippen LogP contribution >= 0.6 is 11.3 Å². The summed E-state index contributed by atoms with van der Waals surface area (Å²) >= 11 is 1.60. The van der Waals surface area contributed by atoms with Crippen molar-refractivity contribution >= 4 is 23.2 Å². The number of likely N-dealkylation sites (tertiary alicyclic amines) is 1. The van der Waals surface area contributed by atoms with Crippen molar-refractivity contribution in [2.24, 2.45) is 0 Å². The van der Waals surface area contributed by atoms with Gasteiger partial charge in [-0.2, -0.15) is 0 Å². The van der Waals surface area contributed by atoms with Gasteiger partial charge < -0.3 is 10.4 Å². The standard InChI is InChI=1S/C15H22N2O3S/c1-11(12-6-5-9-21-12)16-13(18)10-17-8-4-3-7-15(17,2)14(19)20/h5-6,9,11H,3-4,7-8,10H2,1-2H3,(H,16,18)(H,19,20). The fraction of sp³-hybridized carbons (Fsp3) is 0.600. The summed E-state index contributed by atoms with van der Waals surface area (Å²) in [6.45, 7) is 4.45. The molecule has 0 radical (unpaired) electrons. The summed E-state index contributed by atoms with van der Waals surface area (Å²) in [7, 11) is 0. The smallest absolute Gasteiger partial charge is 0.323 e. The van der Waals surface area contributed by atoms with Crippen molar-refractivity contribution in [3.05, 3.63) is 22.4 Å². The summed E-state index contributed by atoms with van der Waals surface area (Å²) in [6.07, 6.45) is 2.43. The van der Waals surface area contributed by atoms with Crippen LogP contribution < -0.4 is 5.32 Å². The number of thiophene rings is 1. The summed E-state index contributed by atoms with van der Waals surface area (Å²) in [6, 6.07) is 3.89. The van der Waals surface area contributed by atoms with Crippen molar-refractivity contribution in [1.29, 1.82) is 0 Å². The van der Waals surface area contributed by atoms with Crippen molar-refractivity contribution in [3.8, 4) is 0 Å². The lowest BCUT2D eigenvalue weighted by atomic mass is 9.88. The summed E-state index contributed by atoms with van der Waals surface area (Å²) in [4.78, 5) is 26.6. The van der Waals surface area contributed by atoms with E-state index < -0.39 is 11.5 Å². The van der Waals surface area contributed by atoms with Gasteiger partial charge in [-0.15, -0.1) is 11.3 Å². The third-order valence-electron chi connectivity index (χ3n) is 4.18. The van der Waals surface area contributed by atoms with E-state index in [0.717, 1.165) is 17.7 Å². The predicted molar refractivity (Wildman–Crippen MR) is 82.3 cm³/mol. The summed E-state index contributed by atoms with van der Waals surface area (Å²) in [5, 5.41) is 14.4. The van der Waals surface area contributed by atoms with E-state index in [-0.39, 0.29) is 18.5 Å². The highest BCUT2D eigenvalue weighted by atomic mass is 32.1. The van der Waals surface area contributed by atoms with Crippen LogP contribution in [-0.2, 0) is 9.59 Å². The Morgan fingerprint density at radius 2 is 2.29 bits per heavy atom. The Hall–Kier alpha value is -1.40. The Labute approximate surface area is 129 Å². The lowest BCUT2D eigenvalue weighted by Gasteiger charge is -2.41. The van der Waals surface area contributed by atoms with Crippen molar-refractivity contribution in [2.75, 3.05) is 13.1 Å². The maximum absolute atomic E-state index is 12.2. The van der Waals surface area contributed by atoms with Crippen molar-refractivity contribution in [3.63, 3.8) is 0 Å². The predicted octanol–water partition coefficient (Wildman–Crippen LogP) is 2.25. The number of carbonyl (C=O) groups is 2. The monoisotopic (exact) mass is 310 g/mol. The number of hydrogen-bond donors (Lipinski definition) is 2. The zero-order valence-corrected chi connectivity index (χ0v) is 13.3. The number of carbonyl (C=O) groups excluding carboxylic acids is 1. The highest BCUT2D eigenvalue weighted by molar-refractivity contribution is 7.10. The minimum absolute atomic E-state index is 0.0432. The number of nitrogens with zero attached hydrogens (tertiary/aromatic N) is 1. The van der Waals surface area contributed by atoms with Gasteiger partial charge in [0.05, 0.1) is 12.6 Å². The molecular weight excluding hydrogens is 288 g/mol. The van der Waals surface area contributed by atoms with Gasteiger partial charge in [0, 0.05) is 4.88 Å². The van der Waals surface area contributed by atoms with E-state index >= 15 is 0 Å². The van der Waals surface area contributed by atoms with Gasteiger partial charge in [0.2, 0.25) is 5.91 Å². The third kappa shape index (κ3) is 3.63. The van der Waals surface area contributed by atoms with Crippen LogP contribution in [0.1, 0.15) is 44.0 Å². The van der Waals surface area contributed by atoms with E-state index in [1.807, 2.05) is 24.4 Å². The Balaban J connectivity index is 1.96. The average Bonchev–Trinajstić information content (AvgIpc) is 2.95. The molecule has 0 bridgehead atoms. The van der Waals surface area contributed by atoms with E-state index in [1.54, 1.807) is 23.2 Å². The molecule has 5 nitrogen and oxygen atoms in total. The van der Waals surface area contributed by atoms with Crippen LogP contribution in [0.25, 0.3) is 0 Å². The molecule has 1 aromatic heterocycles. The van der Waals surface area contributed by atoms with Crippen LogP contribution in [0.5, 0.6) is 0 Å². The average molecular weight is 310 g/mol. The van der Waals surface area contributed by atoms with Gasteiger partial charge in [0.1, 0.15) is 5.54 Å². The van der Waals surface area contributed by atoms with Gasteiger partial charge in [-0.05, 0) is 51.1 Å². The minimum Gasteiger partial charge on any atom is -0.480 e. The molecule has 1 fully saturated rings. The van der Waals surface area contributed by atoms with E-state index in [1.165, 1.54) is 0 Å². The van der Waals surface area contributed by atoms with Crippen LogP contribution in [-0.4, -0.2) is 40.5 Å². The van der Waals surface area contributed by atoms with E-state index in [9.17, 15) is 14.7 Å². The van der Waals surface area contributed by atoms with Gasteiger partial charge in [-0.1, -0.05) is 6.07 Å². The Morgan fingerprint density at radius 1 is 1.52 bits per heavy atom. The van der Waals surface area contributed by atoms with Crippen molar-refractivity contribution in [1.82, 2.24) is 10.2 Å². The summed E-state index contributed by atoms with van der Waals surface area (Å²) < 4.78 is 0. The number of hydrogen-bond acceptors (Lipinski definition) is 4. The van der Waals surface area contributed by atoms with E-state index in [4.69, 9.17) is 0 Å². The molecule has 116 valence electrons. The van der Waals surface area contributed by atoms with E-state index in [2.05, 4.69) is 5.32 Å². The minimum atomic E-state index is -0.929.